The molecule has 2 rings (SSSR count). The number of amides is 1. The third-order valence-corrected chi connectivity index (χ3v) is 3.45. The lowest BCUT2D eigenvalue weighted by atomic mass is 9.93. The van der Waals surface area contributed by atoms with Gasteiger partial charge in [0.05, 0.1) is 11.4 Å². The van der Waals surface area contributed by atoms with E-state index in [-0.39, 0.29) is 17.5 Å². The Morgan fingerprint density at radius 3 is 2.61 bits per heavy atom. The Labute approximate surface area is 134 Å². The van der Waals surface area contributed by atoms with Crippen molar-refractivity contribution in [2.45, 2.75) is 20.3 Å². The summed E-state index contributed by atoms with van der Waals surface area (Å²) in [6.07, 6.45) is 0.449. The van der Waals surface area contributed by atoms with E-state index in [0.29, 0.717) is 18.7 Å². The van der Waals surface area contributed by atoms with E-state index in [1.54, 1.807) is 24.3 Å². The highest BCUT2D eigenvalue weighted by Gasteiger charge is 2.26. The van der Waals surface area contributed by atoms with Gasteiger partial charge in [0, 0.05) is 18.9 Å². The standard InChI is InChI=1S/C16H16N6O/c1-3-22-15(23)8-11(2)16(21-22)12-4-6-13(7-5-12)19-20-14(9-17)10-18/h4-7,11,19H,3,8H2,1-2H3. The molecule has 1 unspecified atom stereocenters. The van der Waals surface area contributed by atoms with Crippen molar-refractivity contribution >= 4 is 23.0 Å². The maximum Gasteiger partial charge on any atom is 0.243 e. The molecule has 1 atom stereocenters. The first-order valence-electron chi connectivity index (χ1n) is 7.22. The quantitative estimate of drug-likeness (QED) is 0.679. The topological polar surface area (TPSA) is 105 Å². The van der Waals surface area contributed by atoms with E-state index in [9.17, 15) is 4.79 Å². The second-order valence-corrected chi connectivity index (χ2v) is 5.07. The van der Waals surface area contributed by atoms with Crippen molar-refractivity contribution in [2.24, 2.45) is 16.1 Å². The van der Waals surface area contributed by atoms with Gasteiger partial charge in [-0.2, -0.15) is 20.7 Å². The third-order valence-electron chi connectivity index (χ3n) is 3.45. The molecule has 7 nitrogen and oxygen atoms in total. The number of carbonyl (C=O) groups is 1. The van der Waals surface area contributed by atoms with Crippen molar-refractivity contribution in [1.29, 1.82) is 10.5 Å². The van der Waals surface area contributed by atoms with Crippen LogP contribution in [0.2, 0.25) is 0 Å². The minimum Gasteiger partial charge on any atom is -0.277 e. The summed E-state index contributed by atoms with van der Waals surface area (Å²) >= 11 is 0. The molecule has 1 aliphatic rings. The van der Waals surface area contributed by atoms with Gasteiger partial charge in [-0.3, -0.25) is 10.2 Å². The first-order valence-corrected chi connectivity index (χ1v) is 7.22. The lowest BCUT2D eigenvalue weighted by Gasteiger charge is -2.26. The number of nitrogens with zero attached hydrogens (tertiary/aromatic N) is 5. The summed E-state index contributed by atoms with van der Waals surface area (Å²) in [6, 6.07) is 10.7. The van der Waals surface area contributed by atoms with E-state index in [2.05, 4.69) is 15.6 Å². The van der Waals surface area contributed by atoms with Gasteiger partial charge < -0.3 is 0 Å². The number of hydrazone groups is 2. The predicted octanol–water partition coefficient (Wildman–Crippen LogP) is 2.09. The van der Waals surface area contributed by atoms with Crippen LogP contribution < -0.4 is 5.43 Å². The fourth-order valence-corrected chi connectivity index (χ4v) is 2.25. The van der Waals surface area contributed by atoms with Crippen LogP contribution >= 0.6 is 0 Å². The Kier molecular flexibility index (Phi) is 5.06. The van der Waals surface area contributed by atoms with Gasteiger partial charge in [0.1, 0.15) is 12.1 Å². The Bertz CT molecular complexity index is 719. The lowest BCUT2D eigenvalue weighted by molar-refractivity contribution is -0.132. The van der Waals surface area contributed by atoms with Crippen molar-refractivity contribution in [2.75, 3.05) is 12.0 Å². The minimum atomic E-state index is -0.239. The Hall–Kier alpha value is -3.19. The molecule has 0 radical (unpaired) electrons. The molecule has 116 valence electrons. The van der Waals surface area contributed by atoms with Crippen LogP contribution in [0.4, 0.5) is 5.69 Å². The second kappa shape index (κ2) is 7.19. The Morgan fingerprint density at radius 2 is 2.04 bits per heavy atom. The van der Waals surface area contributed by atoms with E-state index >= 15 is 0 Å². The van der Waals surface area contributed by atoms with Gasteiger partial charge in [-0.1, -0.05) is 19.1 Å². The van der Waals surface area contributed by atoms with Crippen LogP contribution in [0, 0.1) is 28.6 Å². The minimum absolute atomic E-state index is 0.0388. The summed E-state index contributed by atoms with van der Waals surface area (Å²) < 4.78 is 0. The van der Waals surface area contributed by atoms with Crippen LogP contribution in [0.5, 0.6) is 0 Å². The van der Waals surface area contributed by atoms with Gasteiger partial charge >= 0.3 is 0 Å². The van der Waals surface area contributed by atoms with Crippen LogP contribution in [0.15, 0.2) is 34.5 Å². The van der Waals surface area contributed by atoms with Gasteiger partial charge in [-0.25, -0.2) is 5.01 Å². The van der Waals surface area contributed by atoms with Crippen LogP contribution in [0.1, 0.15) is 25.8 Å². The average Bonchev–Trinajstić information content (AvgIpc) is 2.57. The molecular weight excluding hydrogens is 292 g/mol. The third kappa shape index (κ3) is 3.72. The van der Waals surface area contributed by atoms with E-state index in [4.69, 9.17) is 10.5 Å². The van der Waals surface area contributed by atoms with Crippen LogP contribution in [-0.4, -0.2) is 28.9 Å². The molecule has 0 aliphatic carbocycles. The van der Waals surface area contributed by atoms with Crippen molar-refractivity contribution in [3.8, 4) is 12.1 Å². The Morgan fingerprint density at radius 1 is 1.39 bits per heavy atom. The number of hydrogen-bond donors (Lipinski definition) is 1. The maximum absolute atomic E-state index is 11.8. The highest BCUT2D eigenvalue weighted by Crippen LogP contribution is 2.21. The molecule has 1 aromatic rings. The molecule has 23 heavy (non-hydrogen) atoms. The first kappa shape index (κ1) is 16.2. The summed E-state index contributed by atoms with van der Waals surface area (Å²) in [5, 5.41) is 26.8. The second-order valence-electron chi connectivity index (χ2n) is 5.07. The lowest BCUT2D eigenvalue weighted by Crippen LogP contribution is -2.36. The van der Waals surface area contributed by atoms with Gasteiger partial charge in [0.25, 0.3) is 0 Å². The molecule has 0 saturated heterocycles. The molecule has 1 heterocycles. The highest BCUT2D eigenvalue weighted by molar-refractivity contribution is 6.10. The number of rotatable bonds is 4. The van der Waals surface area contributed by atoms with E-state index in [1.165, 1.54) is 5.01 Å². The van der Waals surface area contributed by atoms with Crippen molar-refractivity contribution in [3.05, 3.63) is 29.8 Å². The van der Waals surface area contributed by atoms with Crippen molar-refractivity contribution in [3.63, 3.8) is 0 Å². The van der Waals surface area contributed by atoms with Crippen molar-refractivity contribution < 1.29 is 4.79 Å². The number of benzene rings is 1. The molecule has 7 heteroatoms. The fourth-order valence-electron chi connectivity index (χ4n) is 2.25. The SMILES string of the molecule is CCN1N=C(c2ccc(NN=C(C#N)C#N)cc2)C(C)CC1=O. The normalized spacial score (nSPS) is 16.9. The molecule has 1 amide bonds. The smallest absolute Gasteiger partial charge is 0.243 e. The maximum atomic E-state index is 11.8. The van der Waals surface area contributed by atoms with Crippen LogP contribution in [0.25, 0.3) is 0 Å². The number of nitriles is 2. The summed E-state index contributed by atoms with van der Waals surface area (Å²) in [5.74, 6) is 0.0998. The number of nitrogens with one attached hydrogen (secondary N) is 1. The molecule has 1 aliphatic heterocycles. The summed E-state index contributed by atoms with van der Waals surface area (Å²) in [6.45, 7) is 4.42. The average molecular weight is 308 g/mol. The number of hydrogen-bond acceptors (Lipinski definition) is 6. The van der Waals surface area contributed by atoms with E-state index in [0.717, 1.165) is 11.3 Å². The molecular formula is C16H16N6O. The largest absolute Gasteiger partial charge is 0.277 e. The van der Waals surface area contributed by atoms with Gasteiger partial charge in [0.2, 0.25) is 11.6 Å². The highest BCUT2D eigenvalue weighted by atomic mass is 16.2. The van der Waals surface area contributed by atoms with E-state index in [1.807, 2.05) is 26.0 Å². The molecule has 0 aromatic heterocycles. The zero-order chi connectivity index (χ0) is 16.8. The van der Waals surface area contributed by atoms with Crippen molar-refractivity contribution in [1.82, 2.24) is 5.01 Å². The van der Waals surface area contributed by atoms with Gasteiger partial charge in [-0.05, 0) is 24.6 Å². The number of anilines is 1. The molecule has 0 saturated carbocycles. The monoisotopic (exact) mass is 308 g/mol. The Balaban J connectivity index is 2.20. The first-order chi connectivity index (χ1) is 11.1. The molecule has 1 N–H and O–H groups in total. The molecule has 0 spiro atoms. The van der Waals surface area contributed by atoms with Crippen LogP contribution in [0.3, 0.4) is 0 Å². The molecule has 1 aromatic carbocycles. The van der Waals surface area contributed by atoms with Crippen LogP contribution in [-0.2, 0) is 4.79 Å². The summed E-state index contributed by atoms with van der Waals surface area (Å²) in [4.78, 5) is 11.8. The fraction of sp³-hybridized carbons (Fsp3) is 0.312. The van der Waals surface area contributed by atoms with E-state index < -0.39 is 0 Å². The molecule has 0 bridgehead atoms. The van der Waals surface area contributed by atoms with Gasteiger partial charge in [0.15, 0.2) is 0 Å². The van der Waals surface area contributed by atoms with Gasteiger partial charge in [-0.15, -0.1) is 0 Å². The zero-order valence-corrected chi connectivity index (χ0v) is 12.9. The summed E-state index contributed by atoms with van der Waals surface area (Å²) in [7, 11) is 0. The summed E-state index contributed by atoms with van der Waals surface area (Å²) in [5.41, 5.74) is 4.87. The number of carbonyl (C=O) groups excluding carboxylic acids is 1. The zero-order valence-electron chi connectivity index (χ0n) is 12.9. The molecule has 0 fully saturated rings. The predicted molar refractivity (Wildman–Crippen MR) is 86.4 cm³/mol.